The number of hydrogen-bond acceptors (Lipinski definition) is 5. The number of hydrogen-bond donors (Lipinski definition) is 2. The fraction of sp³-hybridized carbons (Fsp3) is 0.333. The van der Waals surface area contributed by atoms with Gasteiger partial charge in [0.15, 0.2) is 5.69 Å². The average Bonchev–Trinajstić information content (AvgIpc) is 3.41. The zero-order valence-corrected chi connectivity index (χ0v) is 16.8. The average molecular weight is 396 g/mol. The molecule has 4 rings (SSSR count). The standard InChI is InChI=1S/C21H25N5OS/c1-25-8-10-26(11-9-25)15-17-6-4-16(5-7-17)14-22-21(27)19-13-18(23-24-19)20-3-2-12-28-20/h2-7,12-13H,8-11,14-15H2,1H3,(H,22,27)(H,23,24). The number of nitrogens with zero attached hydrogens (tertiary/aromatic N) is 3. The molecule has 28 heavy (non-hydrogen) atoms. The van der Waals surface area contributed by atoms with E-state index in [4.69, 9.17) is 0 Å². The summed E-state index contributed by atoms with van der Waals surface area (Å²) >= 11 is 1.62. The fourth-order valence-corrected chi connectivity index (χ4v) is 3.99. The minimum absolute atomic E-state index is 0.166. The van der Waals surface area contributed by atoms with Crippen LogP contribution in [0.4, 0.5) is 0 Å². The van der Waals surface area contributed by atoms with Crippen molar-refractivity contribution in [2.75, 3.05) is 33.2 Å². The topological polar surface area (TPSA) is 64.3 Å². The lowest BCUT2D eigenvalue weighted by atomic mass is 10.1. The van der Waals surface area contributed by atoms with Crippen LogP contribution in [0.5, 0.6) is 0 Å². The van der Waals surface area contributed by atoms with E-state index in [1.807, 2.05) is 17.5 Å². The van der Waals surface area contributed by atoms with Crippen LogP contribution < -0.4 is 5.32 Å². The van der Waals surface area contributed by atoms with E-state index in [1.165, 1.54) is 5.56 Å². The molecule has 0 radical (unpaired) electrons. The molecule has 7 heteroatoms. The van der Waals surface area contributed by atoms with Gasteiger partial charge < -0.3 is 10.2 Å². The molecule has 1 amide bonds. The molecule has 1 aliphatic heterocycles. The highest BCUT2D eigenvalue weighted by Crippen LogP contribution is 2.22. The summed E-state index contributed by atoms with van der Waals surface area (Å²) < 4.78 is 0. The van der Waals surface area contributed by atoms with E-state index in [0.29, 0.717) is 12.2 Å². The molecule has 1 aliphatic rings. The molecule has 6 nitrogen and oxygen atoms in total. The number of likely N-dealkylation sites (N-methyl/N-ethyl adjacent to an activating group) is 1. The van der Waals surface area contributed by atoms with Gasteiger partial charge in [0.2, 0.25) is 0 Å². The van der Waals surface area contributed by atoms with Crippen LogP contribution in [-0.2, 0) is 13.1 Å². The predicted octanol–water partition coefficient (Wildman–Crippen LogP) is 2.82. The second-order valence-electron chi connectivity index (χ2n) is 7.22. The zero-order chi connectivity index (χ0) is 19.3. The number of H-pyrrole nitrogens is 1. The van der Waals surface area contributed by atoms with E-state index in [9.17, 15) is 4.79 Å². The second-order valence-corrected chi connectivity index (χ2v) is 8.17. The molecule has 1 aromatic carbocycles. The Hall–Kier alpha value is -2.48. The minimum Gasteiger partial charge on any atom is -0.347 e. The van der Waals surface area contributed by atoms with Crippen molar-refractivity contribution in [3.05, 3.63) is 64.7 Å². The number of carbonyl (C=O) groups excluding carboxylic acids is 1. The number of aromatic nitrogens is 2. The van der Waals surface area contributed by atoms with Crippen LogP contribution in [0.25, 0.3) is 10.6 Å². The molecule has 0 spiro atoms. The molecule has 0 bridgehead atoms. The molecule has 0 aliphatic carbocycles. The molecule has 0 unspecified atom stereocenters. The summed E-state index contributed by atoms with van der Waals surface area (Å²) in [5, 5.41) is 12.0. The van der Waals surface area contributed by atoms with Crippen molar-refractivity contribution < 1.29 is 4.79 Å². The molecule has 3 aromatic rings. The fourth-order valence-electron chi connectivity index (χ4n) is 3.30. The van der Waals surface area contributed by atoms with Gasteiger partial charge in [-0.05, 0) is 35.7 Å². The van der Waals surface area contributed by atoms with Gasteiger partial charge in [0.05, 0.1) is 10.6 Å². The number of thiophene rings is 1. The summed E-state index contributed by atoms with van der Waals surface area (Å²) in [5.41, 5.74) is 3.68. The van der Waals surface area contributed by atoms with Gasteiger partial charge in [-0.25, -0.2) is 0 Å². The number of piperazine rings is 1. The van der Waals surface area contributed by atoms with Crippen LogP contribution in [0.3, 0.4) is 0 Å². The van der Waals surface area contributed by atoms with Crippen LogP contribution in [0.1, 0.15) is 21.6 Å². The van der Waals surface area contributed by atoms with Crippen molar-refractivity contribution in [2.24, 2.45) is 0 Å². The van der Waals surface area contributed by atoms with Gasteiger partial charge in [0, 0.05) is 39.3 Å². The Kier molecular flexibility index (Phi) is 5.85. The van der Waals surface area contributed by atoms with Gasteiger partial charge in [-0.1, -0.05) is 30.3 Å². The van der Waals surface area contributed by atoms with Crippen molar-refractivity contribution in [1.29, 1.82) is 0 Å². The molecular formula is C21H25N5OS. The Labute approximate surface area is 169 Å². The first-order chi connectivity index (χ1) is 13.7. The van der Waals surface area contributed by atoms with Gasteiger partial charge in [0.25, 0.3) is 5.91 Å². The third-order valence-corrected chi connectivity index (χ3v) is 5.98. The SMILES string of the molecule is CN1CCN(Cc2ccc(CNC(=O)c3cc(-c4cccs4)[nH]n3)cc2)CC1. The zero-order valence-electron chi connectivity index (χ0n) is 16.0. The van der Waals surface area contributed by atoms with Crippen molar-refractivity contribution in [2.45, 2.75) is 13.1 Å². The van der Waals surface area contributed by atoms with Crippen molar-refractivity contribution in [3.63, 3.8) is 0 Å². The van der Waals surface area contributed by atoms with Gasteiger partial charge in [-0.2, -0.15) is 5.10 Å². The molecule has 2 aromatic heterocycles. The molecule has 1 saturated heterocycles. The van der Waals surface area contributed by atoms with E-state index >= 15 is 0 Å². The minimum atomic E-state index is -0.166. The molecule has 2 N–H and O–H groups in total. The quantitative estimate of drug-likeness (QED) is 0.674. The van der Waals surface area contributed by atoms with Crippen LogP contribution in [0.15, 0.2) is 47.8 Å². The highest BCUT2D eigenvalue weighted by atomic mass is 32.1. The summed E-state index contributed by atoms with van der Waals surface area (Å²) in [6.07, 6.45) is 0. The largest absolute Gasteiger partial charge is 0.347 e. The Morgan fingerprint density at radius 2 is 1.89 bits per heavy atom. The van der Waals surface area contributed by atoms with E-state index in [-0.39, 0.29) is 5.91 Å². The van der Waals surface area contributed by atoms with E-state index in [1.54, 1.807) is 17.4 Å². The lowest BCUT2D eigenvalue weighted by Crippen LogP contribution is -2.43. The van der Waals surface area contributed by atoms with E-state index < -0.39 is 0 Å². The maximum Gasteiger partial charge on any atom is 0.272 e. The first kappa shape index (κ1) is 18.9. The van der Waals surface area contributed by atoms with E-state index in [0.717, 1.165) is 48.9 Å². The van der Waals surface area contributed by atoms with E-state index in [2.05, 4.69) is 56.6 Å². The van der Waals surface area contributed by atoms with Gasteiger partial charge >= 0.3 is 0 Å². The molecule has 1 fully saturated rings. The third kappa shape index (κ3) is 4.67. The summed E-state index contributed by atoms with van der Waals surface area (Å²) in [5.74, 6) is -0.166. The number of rotatable bonds is 6. The van der Waals surface area contributed by atoms with Crippen LogP contribution >= 0.6 is 11.3 Å². The lowest BCUT2D eigenvalue weighted by Gasteiger charge is -2.32. The van der Waals surface area contributed by atoms with Crippen LogP contribution in [0.2, 0.25) is 0 Å². The number of nitrogens with one attached hydrogen (secondary N) is 2. The highest BCUT2D eigenvalue weighted by molar-refractivity contribution is 7.13. The summed E-state index contributed by atoms with van der Waals surface area (Å²) in [7, 11) is 2.17. The first-order valence-electron chi connectivity index (χ1n) is 9.53. The maximum atomic E-state index is 12.4. The van der Waals surface area contributed by atoms with Gasteiger partial charge in [0.1, 0.15) is 0 Å². The number of benzene rings is 1. The van der Waals surface area contributed by atoms with Gasteiger partial charge in [-0.3, -0.25) is 14.8 Å². The van der Waals surface area contributed by atoms with Crippen molar-refractivity contribution in [1.82, 2.24) is 25.3 Å². The summed E-state index contributed by atoms with van der Waals surface area (Å²) in [4.78, 5) is 18.3. The Morgan fingerprint density at radius 1 is 1.14 bits per heavy atom. The monoisotopic (exact) mass is 395 g/mol. The predicted molar refractivity (Wildman–Crippen MR) is 112 cm³/mol. The first-order valence-corrected chi connectivity index (χ1v) is 10.4. The Bertz CT molecular complexity index is 895. The molecular weight excluding hydrogens is 370 g/mol. The third-order valence-electron chi connectivity index (χ3n) is 5.08. The van der Waals surface area contributed by atoms with Crippen molar-refractivity contribution >= 4 is 17.2 Å². The molecule has 3 heterocycles. The van der Waals surface area contributed by atoms with Gasteiger partial charge in [-0.15, -0.1) is 11.3 Å². The number of amides is 1. The summed E-state index contributed by atoms with van der Waals surface area (Å²) in [6, 6.07) is 14.3. The number of carbonyl (C=O) groups is 1. The molecule has 146 valence electrons. The maximum absolute atomic E-state index is 12.4. The van der Waals surface area contributed by atoms with Crippen molar-refractivity contribution in [3.8, 4) is 10.6 Å². The Balaban J connectivity index is 1.28. The van der Waals surface area contributed by atoms with Crippen LogP contribution in [0, 0.1) is 0 Å². The second kappa shape index (κ2) is 8.68. The lowest BCUT2D eigenvalue weighted by molar-refractivity contribution is 0.0946. The highest BCUT2D eigenvalue weighted by Gasteiger charge is 2.14. The number of aromatic amines is 1. The molecule has 0 saturated carbocycles. The summed E-state index contributed by atoms with van der Waals surface area (Å²) in [6.45, 7) is 5.97. The Morgan fingerprint density at radius 3 is 2.61 bits per heavy atom. The smallest absolute Gasteiger partial charge is 0.272 e. The normalized spacial score (nSPS) is 15.6. The van der Waals surface area contributed by atoms with Crippen LogP contribution in [-0.4, -0.2) is 59.1 Å². The molecule has 0 atom stereocenters.